The summed E-state index contributed by atoms with van der Waals surface area (Å²) < 4.78 is 11.2. The number of carbonyl (C=O) groups excluding carboxylic acids is 1. The third kappa shape index (κ3) is 1.55. The summed E-state index contributed by atoms with van der Waals surface area (Å²) in [5.41, 5.74) is 0. The molecule has 0 spiro atoms. The maximum absolute atomic E-state index is 11.8. The highest BCUT2D eigenvalue weighted by Crippen LogP contribution is 2.40. The Labute approximate surface area is 95.9 Å². The molecule has 4 nitrogen and oxygen atoms in total. The minimum Gasteiger partial charge on any atom is -0.356 e. The molecule has 16 heavy (non-hydrogen) atoms. The van der Waals surface area contributed by atoms with E-state index in [1.54, 1.807) is 7.11 Å². The molecule has 0 aromatic heterocycles. The summed E-state index contributed by atoms with van der Waals surface area (Å²) in [5, 5.41) is 0. The topological polar surface area (TPSA) is 38.8 Å². The fraction of sp³-hybridized carbons (Fsp3) is 0.917. The van der Waals surface area contributed by atoms with Crippen LogP contribution in [-0.2, 0) is 14.3 Å². The zero-order chi connectivity index (χ0) is 11.1. The normalized spacial score (nSPS) is 43.1. The van der Waals surface area contributed by atoms with Gasteiger partial charge >= 0.3 is 0 Å². The Kier molecular flexibility index (Phi) is 2.64. The first-order chi connectivity index (χ1) is 7.79. The Balaban J connectivity index is 1.80. The average molecular weight is 225 g/mol. The van der Waals surface area contributed by atoms with Crippen LogP contribution in [0.4, 0.5) is 0 Å². The summed E-state index contributed by atoms with van der Waals surface area (Å²) in [6, 6.07) is 0.417. The molecule has 90 valence electrons. The summed E-state index contributed by atoms with van der Waals surface area (Å²) >= 11 is 0. The van der Waals surface area contributed by atoms with Crippen LogP contribution in [0.2, 0.25) is 0 Å². The Morgan fingerprint density at radius 2 is 2.31 bits per heavy atom. The summed E-state index contributed by atoms with van der Waals surface area (Å²) in [6.45, 7) is 0.928. The molecule has 4 heteroatoms. The van der Waals surface area contributed by atoms with E-state index in [4.69, 9.17) is 9.47 Å². The Morgan fingerprint density at radius 1 is 1.44 bits per heavy atom. The molecule has 0 saturated carbocycles. The zero-order valence-electron chi connectivity index (χ0n) is 9.72. The van der Waals surface area contributed by atoms with E-state index in [2.05, 4.69) is 4.90 Å². The lowest BCUT2D eigenvalue weighted by Gasteiger charge is -2.27. The van der Waals surface area contributed by atoms with Gasteiger partial charge < -0.3 is 14.4 Å². The van der Waals surface area contributed by atoms with Crippen LogP contribution in [0.15, 0.2) is 0 Å². The van der Waals surface area contributed by atoms with Crippen molar-refractivity contribution in [3.05, 3.63) is 0 Å². The van der Waals surface area contributed by atoms with Crippen LogP contribution in [0.3, 0.4) is 0 Å². The number of hydrogen-bond acceptors (Lipinski definition) is 3. The monoisotopic (exact) mass is 225 g/mol. The highest BCUT2D eigenvalue weighted by atomic mass is 16.7. The van der Waals surface area contributed by atoms with E-state index >= 15 is 0 Å². The molecular weight excluding hydrogens is 206 g/mol. The third-order valence-electron chi connectivity index (χ3n) is 4.29. The quantitative estimate of drug-likeness (QED) is 0.672. The average Bonchev–Trinajstić information content (AvgIpc) is 2.80. The summed E-state index contributed by atoms with van der Waals surface area (Å²) in [7, 11) is 1.70. The molecule has 3 aliphatic rings. The second kappa shape index (κ2) is 4.00. The van der Waals surface area contributed by atoms with Gasteiger partial charge in [-0.15, -0.1) is 0 Å². The fourth-order valence-corrected chi connectivity index (χ4v) is 3.52. The van der Waals surface area contributed by atoms with Gasteiger partial charge in [-0.2, -0.15) is 0 Å². The predicted octanol–water partition coefficient (Wildman–Crippen LogP) is 1.15. The molecule has 0 N–H and O–H groups in total. The lowest BCUT2D eigenvalue weighted by Crippen LogP contribution is -2.38. The Hall–Kier alpha value is -0.610. The predicted molar refractivity (Wildman–Crippen MR) is 57.7 cm³/mol. The van der Waals surface area contributed by atoms with Gasteiger partial charge in [0.25, 0.3) is 0 Å². The van der Waals surface area contributed by atoms with Crippen molar-refractivity contribution in [2.24, 2.45) is 5.92 Å². The summed E-state index contributed by atoms with van der Waals surface area (Å²) in [4.78, 5) is 13.8. The van der Waals surface area contributed by atoms with Crippen LogP contribution in [0, 0.1) is 5.92 Å². The van der Waals surface area contributed by atoms with E-state index in [9.17, 15) is 4.79 Å². The lowest BCUT2D eigenvalue weighted by molar-refractivity contribution is -0.129. The van der Waals surface area contributed by atoms with Crippen LogP contribution in [0.1, 0.15) is 32.1 Å². The molecule has 3 aliphatic heterocycles. The summed E-state index contributed by atoms with van der Waals surface area (Å²) in [5.74, 6) is 0.838. The highest BCUT2D eigenvalue weighted by molar-refractivity contribution is 5.78. The van der Waals surface area contributed by atoms with Crippen molar-refractivity contribution in [1.82, 2.24) is 4.90 Å². The number of rotatable bonds is 1. The maximum atomic E-state index is 11.8. The van der Waals surface area contributed by atoms with Crippen molar-refractivity contribution in [1.29, 1.82) is 0 Å². The van der Waals surface area contributed by atoms with Crippen molar-refractivity contribution in [3.8, 4) is 0 Å². The second-order valence-electron chi connectivity index (χ2n) is 5.07. The molecule has 0 aromatic rings. The molecule has 3 heterocycles. The number of carbonyl (C=O) groups is 1. The van der Waals surface area contributed by atoms with Gasteiger partial charge in [0.1, 0.15) is 0 Å². The molecule has 0 aromatic carbocycles. The van der Waals surface area contributed by atoms with Crippen molar-refractivity contribution < 1.29 is 14.3 Å². The van der Waals surface area contributed by atoms with Gasteiger partial charge in [0.2, 0.25) is 5.91 Å². The SMILES string of the molecule is CO[C@H]1CC2[C@@H](CCCN3C(=O)CC[C@@H]23)O1. The van der Waals surface area contributed by atoms with E-state index in [-0.39, 0.29) is 6.29 Å². The van der Waals surface area contributed by atoms with Gasteiger partial charge in [0.15, 0.2) is 6.29 Å². The number of hydrogen-bond donors (Lipinski definition) is 0. The van der Waals surface area contributed by atoms with Crippen LogP contribution < -0.4 is 0 Å². The van der Waals surface area contributed by atoms with E-state index in [0.717, 1.165) is 38.6 Å². The van der Waals surface area contributed by atoms with Crippen LogP contribution in [0.5, 0.6) is 0 Å². The van der Waals surface area contributed by atoms with E-state index < -0.39 is 0 Å². The smallest absolute Gasteiger partial charge is 0.222 e. The van der Waals surface area contributed by atoms with Gasteiger partial charge in [-0.25, -0.2) is 0 Å². The largest absolute Gasteiger partial charge is 0.356 e. The molecule has 3 rings (SSSR count). The molecule has 1 amide bonds. The van der Waals surface area contributed by atoms with Gasteiger partial charge in [-0.1, -0.05) is 0 Å². The van der Waals surface area contributed by atoms with Crippen LogP contribution >= 0.6 is 0 Å². The fourth-order valence-electron chi connectivity index (χ4n) is 3.52. The molecule has 4 atom stereocenters. The van der Waals surface area contributed by atoms with Gasteiger partial charge in [0.05, 0.1) is 6.10 Å². The number of nitrogens with zero attached hydrogens (tertiary/aromatic N) is 1. The van der Waals surface area contributed by atoms with E-state index in [1.165, 1.54) is 0 Å². The first-order valence-corrected chi connectivity index (χ1v) is 6.27. The first kappa shape index (κ1) is 10.5. The molecule has 0 radical (unpaired) electrons. The highest BCUT2D eigenvalue weighted by Gasteiger charge is 2.47. The standard InChI is InChI=1S/C12H19NO3/c1-15-12-7-8-9-4-5-11(14)13(9)6-2-3-10(8)16-12/h8-10,12H,2-7H2,1H3/t8?,9-,10+,12+/m0/s1. The maximum Gasteiger partial charge on any atom is 0.222 e. The number of amides is 1. The third-order valence-corrected chi connectivity index (χ3v) is 4.29. The molecular formula is C12H19NO3. The minimum absolute atomic E-state index is 0.0503. The van der Waals surface area contributed by atoms with Gasteiger partial charge in [-0.3, -0.25) is 4.79 Å². The minimum atomic E-state index is -0.0503. The van der Waals surface area contributed by atoms with Crippen molar-refractivity contribution in [2.45, 2.75) is 50.5 Å². The summed E-state index contributed by atoms with van der Waals surface area (Å²) in [6.07, 6.45) is 5.10. The molecule has 1 unspecified atom stereocenters. The first-order valence-electron chi connectivity index (χ1n) is 6.27. The number of methoxy groups -OCH3 is 1. The second-order valence-corrected chi connectivity index (χ2v) is 5.07. The Morgan fingerprint density at radius 3 is 3.12 bits per heavy atom. The van der Waals surface area contributed by atoms with Crippen molar-refractivity contribution >= 4 is 5.91 Å². The molecule has 0 bridgehead atoms. The molecule has 3 saturated heterocycles. The van der Waals surface area contributed by atoms with Crippen LogP contribution in [0.25, 0.3) is 0 Å². The van der Waals surface area contributed by atoms with Crippen molar-refractivity contribution in [2.75, 3.05) is 13.7 Å². The lowest BCUT2D eigenvalue weighted by atomic mass is 9.90. The van der Waals surface area contributed by atoms with Crippen LogP contribution in [-0.4, -0.2) is 42.9 Å². The van der Waals surface area contributed by atoms with Gasteiger partial charge in [0, 0.05) is 38.5 Å². The zero-order valence-corrected chi connectivity index (χ0v) is 9.72. The van der Waals surface area contributed by atoms with E-state index in [0.29, 0.717) is 24.0 Å². The molecule has 3 fully saturated rings. The Bertz CT molecular complexity index is 294. The van der Waals surface area contributed by atoms with E-state index in [1.807, 2.05) is 0 Å². The van der Waals surface area contributed by atoms with Crippen molar-refractivity contribution in [3.63, 3.8) is 0 Å². The van der Waals surface area contributed by atoms with Gasteiger partial charge in [-0.05, 0) is 19.3 Å². The number of ether oxygens (including phenoxy) is 2. The molecule has 0 aliphatic carbocycles. The number of fused-ring (bicyclic) bond motifs is 3.